The third kappa shape index (κ3) is 5.77. The molecule has 6 heteroatoms. The van der Waals surface area contributed by atoms with E-state index in [4.69, 9.17) is 9.84 Å². The van der Waals surface area contributed by atoms with Gasteiger partial charge in [-0.2, -0.15) is 0 Å². The molecule has 0 aromatic carbocycles. The van der Waals surface area contributed by atoms with Crippen LogP contribution in [-0.2, 0) is 9.53 Å². The molecule has 0 aromatic rings. The van der Waals surface area contributed by atoms with E-state index >= 15 is 0 Å². The Morgan fingerprint density at radius 1 is 1.30 bits per heavy atom. The highest BCUT2D eigenvalue weighted by Gasteiger charge is 2.30. The SMILES string of the molecule is CCOC(C)CNC(=O)NCC1CCCCC1C(=O)O. The van der Waals surface area contributed by atoms with Crippen LogP contribution in [0.1, 0.15) is 39.5 Å². The van der Waals surface area contributed by atoms with Crippen LogP contribution in [0.15, 0.2) is 0 Å². The van der Waals surface area contributed by atoms with E-state index in [2.05, 4.69) is 10.6 Å². The lowest BCUT2D eigenvalue weighted by atomic mass is 9.79. The third-order valence-electron chi connectivity index (χ3n) is 3.75. The summed E-state index contributed by atoms with van der Waals surface area (Å²) in [6.07, 6.45) is 3.56. The average molecular weight is 286 g/mol. The average Bonchev–Trinajstić information content (AvgIpc) is 2.43. The number of urea groups is 1. The van der Waals surface area contributed by atoms with Crippen LogP contribution >= 0.6 is 0 Å². The summed E-state index contributed by atoms with van der Waals surface area (Å²) in [6.45, 7) is 5.29. The molecule has 20 heavy (non-hydrogen) atoms. The fourth-order valence-electron chi connectivity index (χ4n) is 2.64. The number of ether oxygens (including phenoxy) is 1. The molecule has 3 N–H and O–H groups in total. The summed E-state index contributed by atoms with van der Waals surface area (Å²) in [5.74, 6) is -1.04. The summed E-state index contributed by atoms with van der Waals surface area (Å²) >= 11 is 0. The Morgan fingerprint density at radius 2 is 2.00 bits per heavy atom. The quantitative estimate of drug-likeness (QED) is 0.663. The zero-order chi connectivity index (χ0) is 15.0. The molecular weight excluding hydrogens is 260 g/mol. The smallest absolute Gasteiger partial charge is 0.314 e. The molecular formula is C14H26N2O4. The first-order valence-corrected chi connectivity index (χ1v) is 7.40. The van der Waals surface area contributed by atoms with Gasteiger partial charge in [0, 0.05) is 19.7 Å². The molecule has 2 amide bonds. The molecule has 0 heterocycles. The second-order valence-corrected chi connectivity index (χ2v) is 5.35. The predicted molar refractivity (Wildman–Crippen MR) is 75.6 cm³/mol. The number of carbonyl (C=O) groups excluding carboxylic acids is 1. The van der Waals surface area contributed by atoms with Crippen molar-refractivity contribution in [2.75, 3.05) is 19.7 Å². The Hall–Kier alpha value is -1.30. The van der Waals surface area contributed by atoms with Crippen LogP contribution in [0.5, 0.6) is 0 Å². The first kappa shape index (κ1) is 16.8. The standard InChI is InChI=1S/C14H26N2O4/c1-3-20-10(2)8-15-14(19)16-9-11-6-4-5-7-12(11)13(17)18/h10-12H,3-9H2,1-2H3,(H,17,18)(H2,15,16,19). The van der Waals surface area contributed by atoms with Crippen LogP contribution in [-0.4, -0.2) is 42.9 Å². The fourth-order valence-corrected chi connectivity index (χ4v) is 2.64. The maximum Gasteiger partial charge on any atom is 0.314 e. The van der Waals surface area contributed by atoms with E-state index in [0.29, 0.717) is 26.1 Å². The van der Waals surface area contributed by atoms with Crippen molar-refractivity contribution in [3.63, 3.8) is 0 Å². The number of hydrogen-bond acceptors (Lipinski definition) is 3. The monoisotopic (exact) mass is 286 g/mol. The van der Waals surface area contributed by atoms with Gasteiger partial charge in [0.1, 0.15) is 0 Å². The normalized spacial score (nSPS) is 23.9. The van der Waals surface area contributed by atoms with Gasteiger partial charge < -0.3 is 20.5 Å². The van der Waals surface area contributed by atoms with E-state index in [1.54, 1.807) is 0 Å². The van der Waals surface area contributed by atoms with Gasteiger partial charge in [0.2, 0.25) is 0 Å². The van der Waals surface area contributed by atoms with Gasteiger partial charge in [0.05, 0.1) is 12.0 Å². The van der Waals surface area contributed by atoms with Gasteiger partial charge in [-0.3, -0.25) is 4.79 Å². The van der Waals surface area contributed by atoms with Crippen LogP contribution in [0.3, 0.4) is 0 Å². The predicted octanol–water partition coefficient (Wildman–Crippen LogP) is 1.60. The molecule has 116 valence electrons. The number of carboxylic acids is 1. The minimum atomic E-state index is -0.748. The zero-order valence-electron chi connectivity index (χ0n) is 12.4. The van der Waals surface area contributed by atoms with Gasteiger partial charge >= 0.3 is 12.0 Å². The van der Waals surface area contributed by atoms with Crippen molar-refractivity contribution in [3.05, 3.63) is 0 Å². The number of amides is 2. The minimum absolute atomic E-state index is 0.0211. The number of rotatable bonds is 7. The van der Waals surface area contributed by atoms with Crippen LogP contribution in [0.25, 0.3) is 0 Å². The molecule has 0 bridgehead atoms. The molecule has 0 spiro atoms. The highest BCUT2D eigenvalue weighted by Crippen LogP contribution is 2.29. The van der Waals surface area contributed by atoms with Crippen molar-refractivity contribution < 1.29 is 19.4 Å². The van der Waals surface area contributed by atoms with Gasteiger partial charge in [-0.1, -0.05) is 12.8 Å². The molecule has 3 unspecified atom stereocenters. The van der Waals surface area contributed by atoms with E-state index in [9.17, 15) is 9.59 Å². The molecule has 1 aliphatic carbocycles. The second kappa shape index (κ2) is 8.79. The van der Waals surface area contributed by atoms with Gasteiger partial charge in [-0.05, 0) is 32.6 Å². The molecule has 0 radical (unpaired) electrons. The highest BCUT2D eigenvalue weighted by molar-refractivity contribution is 5.74. The van der Waals surface area contributed by atoms with Gasteiger partial charge in [-0.25, -0.2) is 4.79 Å². The molecule has 1 rings (SSSR count). The topological polar surface area (TPSA) is 87.7 Å². The van der Waals surface area contributed by atoms with Crippen LogP contribution in [0.4, 0.5) is 4.79 Å². The van der Waals surface area contributed by atoms with E-state index < -0.39 is 5.97 Å². The van der Waals surface area contributed by atoms with Crippen molar-refractivity contribution in [2.24, 2.45) is 11.8 Å². The Labute approximate surface area is 120 Å². The molecule has 0 aromatic heterocycles. The second-order valence-electron chi connectivity index (χ2n) is 5.35. The van der Waals surface area contributed by atoms with Crippen LogP contribution in [0.2, 0.25) is 0 Å². The summed E-state index contributed by atoms with van der Waals surface area (Å²) in [5, 5.41) is 14.7. The van der Waals surface area contributed by atoms with Crippen molar-refractivity contribution in [1.29, 1.82) is 0 Å². The van der Waals surface area contributed by atoms with Crippen molar-refractivity contribution >= 4 is 12.0 Å². The molecule has 1 aliphatic rings. The first-order chi connectivity index (χ1) is 9.54. The van der Waals surface area contributed by atoms with Crippen LogP contribution in [0, 0.1) is 11.8 Å². The summed E-state index contributed by atoms with van der Waals surface area (Å²) in [4.78, 5) is 22.8. The molecule has 3 atom stereocenters. The summed E-state index contributed by atoms with van der Waals surface area (Å²) in [6, 6.07) is -0.258. The number of carboxylic acid groups (broad SMARTS) is 1. The zero-order valence-corrected chi connectivity index (χ0v) is 12.4. The number of nitrogens with one attached hydrogen (secondary N) is 2. The molecule has 6 nitrogen and oxygen atoms in total. The highest BCUT2D eigenvalue weighted by atomic mass is 16.5. The Balaban J connectivity index is 2.27. The number of aliphatic carboxylic acids is 1. The third-order valence-corrected chi connectivity index (χ3v) is 3.75. The lowest BCUT2D eigenvalue weighted by Gasteiger charge is -2.28. The lowest BCUT2D eigenvalue weighted by Crippen LogP contribution is -2.43. The van der Waals surface area contributed by atoms with Crippen LogP contribution < -0.4 is 10.6 Å². The Morgan fingerprint density at radius 3 is 2.65 bits per heavy atom. The van der Waals surface area contributed by atoms with E-state index in [0.717, 1.165) is 19.3 Å². The van der Waals surface area contributed by atoms with Crippen molar-refractivity contribution in [1.82, 2.24) is 10.6 Å². The van der Waals surface area contributed by atoms with Gasteiger partial charge in [0.25, 0.3) is 0 Å². The number of carbonyl (C=O) groups is 2. The van der Waals surface area contributed by atoms with Gasteiger partial charge in [0.15, 0.2) is 0 Å². The van der Waals surface area contributed by atoms with E-state index in [-0.39, 0.29) is 24.0 Å². The lowest BCUT2D eigenvalue weighted by molar-refractivity contribution is -0.144. The largest absolute Gasteiger partial charge is 0.481 e. The molecule has 0 aliphatic heterocycles. The molecule has 1 saturated carbocycles. The summed E-state index contributed by atoms with van der Waals surface area (Å²) in [7, 11) is 0. The molecule has 0 saturated heterocycles. The first-order valence-electron chi connectivity index (χ1n) is 7.40. The van der Waals surface area contributed by atoms with E-state index in [1.165, 1.54) is 0 Å². The fraction of sp³-hybridized carbons (Fsp3) is 0.857. The Kier molecular flexibility index (Phi) is 7.36. The van der Waals surface area contributed by atoms with Crippen molar-refractivity contribution in [2.45, 2.75) is 45.6 Å². The maximum absolute atomic E-state index is 11.6. The van der Waals surface area contributed by atoms with Crippen molar-refractivity contribution in [3.8, 4) is 0 Å². The maximum atomic E-state index is 11.6. The molecule has 1 fully saturated rings. The summed E-state index contributed by atoms with van der Waals surface area (Å²) < 4.78 is 5.31. The number of hydrogen-bond donors (Lipinski definition) is 3. The summed E-state index contributed by atoms with van der Waals surface area (Å²) in [5.41, 5.74) is 0. The van der Waals surface area contributed by atoms with E-state index in [1.807, 2.05) is 13.8 Å². The Bertz CT molecular complexity index is 322. The minimum Gasteiger partial charge on any atom is -0.481 e. The van der Waals surface area contributed by atoms with Gasteiger partial charge in [-0.15, -0.1) is 0 Å².